The first-order chi connectivity index (χ1) is 8.97. The predicted octanol–water partition coefficient (Wildman–Crippen LogP) is 1.65. The summed E-state index contributed by atoms with van der Waals surface area (Å²) in [5, 5.41) is 0. The molecule has 0 saturated heterocycles. The van der Waals surface area contributed by atoms with Crippen LogP contribution in [0.5, 0.6) is 0 Å². The van der Waals surface area contributed by atoms with Crippen molar-refractivity contribution >= 4 is 45.4 Å². The van der Waals surface area contributed by atoms with Gasteiger partial charge >= 0.3 is 29.6 Å². The van der Waals surface area contributed by atoms with Crippen molar-refractivity contribution < 1.29 is 13.0 Å². The number of hydrogen-bond donors (Lipinski definition) is 2. The molecule has 0 aliphatic heterocycles. The molecule has 2 rings (SSSR count). The first-order valence-electron chi connectivity index (χ1n) is 5.86. The van der Waals surface area contributed by atoms with Gasteiger partial charge in [-0.1, -0.05) is 36.4 Å². The Labute approximate surface area is 141 Å². The van der Waals surface area contributed by atoms with E-state index in [2.05, 4.69) is 0 Å². The Morgan fingerprint density at radius 1 is 1.00 bits per heavy atom. The van der Waals surface area contributed by atoms with Crippen molar-refractivity contribution in [2.75, 3.05) is 5.73 Å². The quantitative estimate of drug-likeness (QED) is 0.511. The fourth-order valence-electron chi connectivity index (χ4n) is 1.94. The molecule has 2 aromatic rings. The summed E-state index contributed by atoms with van der Waals surface area (Å²) in [7, 11) is -4.24. The zero-order valence-corrected chi connectivity index (χ0v) is 11.1. The van der Waals surface area contributed by atoms with E-state index >= 15 is 0 Å². The zero-order valence-electron chi connectivity index (χ0n) is 10.3. The van der Waals surface area contributed by atoms with Gasteiger partial charge in [0.25, 0.3) is 10.1 Å². The van der Waals surface area contributed by atoms with Gasteiger partial charge in [0, 0.05) is 5.69 Å². The molecule has 0 bridgehead atoms. The number of rotatable bonds is 4. The molecule has 102 valence electrons. The molecule has 4 nitrogen and oxygen atoms in total. The van der Waals surface area contributed by atoms with E-state index < -0.39 is 10.1 Å². The number of nitrogens with two attached hydrogens (primary N) is 1. The maximum absolute atomic E-state index is 11.3. The van der Waals surface area contributed by atoms with Crippen molar-refractivity contribution in [2.24, 2.45) is 0 Å². The van der Waals surface area contributed by atoms with E-state index in [1.165, 1.54) is 6.07 Å². The molecule has 0 amide bonds. The van der Waals surface area contributed by atoms with Crippen LogP contribution in [-0.2, 0) is 23.0 Å². The minimum atomic E-state index is -4.24. The molecular formula is C14H16NNaO3S. The number of aryl methyl sites for hydroxylation is 2. The molecule has 3 N–H and O–H groups in total. The van der Waals surface area contributed by atoms with E-state index in [4.69, 9.17) is 5.73 Å². The van der Waals surface area contributed by atoms with Gasteiger partial charge in [-0.05, 0) is 36.1 Å². The number of benzene rings is 2. The van der Waals surface area contributed by atoms with Crippen LogP contribution >= 0.6 is 0 Å². The third-order valence-electron chi connectivity index (χ3n) is 2.89. The van der Waals surface area contributed by atoms with Crippen LogP contribution in [-0.4, -0.2) is 42.5 Å². The van der Waals surface area contributed by atoms with Crippen LogP contribution in [0.1, 0.15) is 11.1 Å². The van der Waals surface area contributed by atoms with Gasteiger partial charge in [-0.3, -0.25) is 4.55 Å². The first-order valence-corrected chi connectivity index (χ1v) is 7.30. The average Bonchev–Trinajstić information content (AvgIpc) is 2.37. The van der Waals surface area contributed by atoms with Crippen LogP contribution < -0.4 is 5.73 Å². The molecule has 0 aliphatic carbocycles. The Hall–Kier alpha value is -0.850. The molecule has 6 heteroatoms. The van der Waals surface area contributed by atoms with Crippen LogP contribution in [0, 0.1) is 0 Å². The summed E-state index contributed by atoms with van der Waals surface area (Å²) in [5.41, 5.74) is 7.55. The monoisotopic (exact) mass is 301 g/mol. The van der Waals surface area contributed by atoms with E-state index in [0.717, 1.165) is 5.56 Å². The van der Waals surface area contributed by atoms with Crippen molar-refractivity contribution in [2.45, 2.75) is 17.7 Å². The molecule has 0 saturated carbocycles. The van der Waals surface area contributed by atoms with E-state index in [9.17, 15) is 13.0 Å². The molecule has 0 fully saturated rings. The summed E-state index contributed by atoms with van der Waals surface area (Å²) in [6.07, 6.45) is 1.23. The number of anilines is 1. The molecule has 20 heavy (non-hydrogen) atoms. The van der Waals surface area contributed by atoms with Gasteiger partial charge in [0.2, 0.25) is 0 Å². The van der Waals surface area contributed by atoms with Crippen molar-refractivity contribution in [1.29, 1.82) is 0 Å². The zero-order chi connectivity index (χ0) is 13.9. The van der Waals surface area contributed by atoms with Gasteiger partial charge in [-0.15, -0.1) is 0 Å². The van der Waals surface area contributed by atoms with Gasteiger partial charge < -0.3 is 5.73 Å². The van der Waals surface area contributed by atoms with E-state index in [1.54, 1.807) is 12.1 Å². The molecule has 0 atom stereocenters. The van der Waals surface area contributed by atoms with Crippen molar-refractivity contribution in [3.8, 4) is 0 Å². The van der Waals surface area contributed by atoms with Gasteiger partial charge in [-0.25, -0.2) is 0 Å². The summed E-state index contributed by atoms with van der Waals surface area (Å²) < 4.78 is 31.8. The fraction of sp³-hybridized carbons (Fsp3) is 0.143. The predicted molar refractivity (Wildman–Crippen MR) is 81.7 cm³/mol. The minimum absolute atomic E-state index is 0. The second-order valence-electron chi connectivity index (χ2n) is 4.33. The SMILES string of the molecule is Nc1ccc(CCc2ccccc2)c(S(=O)(=O)O)c1.[NaH]. The number of hydrogen-bond acceptors (Lipinski definition) is 3. The van der Waals surface area contributed by atoms with Crippen molar-refractivity contribution in [1.82, 2.24) is 0 Å². The van der Waals surface area contributed by atoms with Gasteiger partial charge in [0.15, 0.2) is 0 Å². The van der Waals surface area contributed by atoms with Crippen LogP contribution in [0.25, 0.3) is 0 Å². The average molecular weight is 301 g/mol. The molecule has 0 unspecified atom stereocenters. The molecule has 2 aromatic carbocycles. The second kappa shape index (κ2) is 7.24. The third kappa shape index (κ3) is 4.61. The van der Waals surface area contributed by atoms with Crippen molar-refractivity contribution in [3.63, 3.8) is 0 Å². The molecule has 0 heterocycles. The molecule has 0 aromatic heterocycles. The maximum atomic E-state index is 11.3. The Morgan fingerprint density at radius 2 is 1.65 bits per heavy atom. The van der Waals surface area contributed by atoms with Gasteiger partial charge in [0.1, 0.15) is 0 Å². The van der Waals surface area contributed by atoms with Crippen LogP contribution in [0.2, 0.25) is 0 Å². The third-order valence-corrected chi connectivity index (χ3v) is 3.83. The fourth-order valence-corrected chi connectivity index (χ4v) is 2.73. The van der Waals surface area contributed by atoms with Crippen LogP contribution in [0.3, 0.4) is 0 Å². The first kappa shape index (κ1) is 17.2. The molecular weight excluding hydrogens is 285 g/mol. The molecule has 0 radical (unpaired) electrons. The topological polar surface area (TPSA) is 80.4 Å². The second-order valence-corrected chi connectivity index (χ2v) is 5.72. The summed E-state index contributed by atoms with van der Waals surface area (Å²) in [4.78, 5) is -0.108. The molecule has 0 spiro atoms. The van der Waals surface area contributed by atoms with E-state index in [0.29, 0.717) is 24.1 Å². The Morgan fingerprint density at radius 3 is 2.25 bits per heavy atom. The van der Waals surface area contributed by atoms with Gasteiger partial charge in [0.05, 0.1) is 4.90 Å². The van der Waals surface area contributed by atoms with Crippen LogP contribution in [0.4, 0.5) is 5.69 Å². The normalized spacial score (nSPS) is 10.8. The number of nitrogen functional groups attached to an aromatic ring is 1. The van der Waals surface area contributed by atoms with Crippen molar-refractivity contribution in [3.05, 3.63) is 59.7 Å². The summed E-state index contributed by atoms with van der Waals surface area (Å²) in [6, 6.07) is 14.3. The standard InChI is InChI=1S/C14H15NO3S.Na.H/c15-13-9-8-12(14(10-13)19(16,17)18)7-6-11-4-2-1-3-5-11;;/h1-5,8-10H,6-7,15H2,(H,16,17,18);;. The van der Waals surface area contributed by atoms with Crippen LogP contribution in [0.15, 0.2) is 53.4 Å². The Balaban J connectivity index is 0.00000200. The van der Waals surface area contributed by atoms with E-state index in [-0.39, 0.29) is 34.5 Å². The Kier molecular flexibility index (Phi) is 6.23. The Bertz CT molecular complexity index is 672. The summed E-state index contributed by atoms with van der Waals surface area (Å²) >= 11 is 0. The van der Waals surface area contributed by atoms with Gasteiger partial charge in [-0.2, -0.15) is 8.42 Å². The summed E-state index contributed by atoms with van der Waals surface area (Å²) in [5.74, 6) is 0. The van der Waals surface area contributed by atoms with E-state index in [1.807, 2.05) is 30.3 Å². The summed E-state index contributed by atoms with van der Waals surface area (Å²) in [6.45, 7) is 0. The molecule has 0 aliphatic rings.